The van der Waals surface area contributed by atoms with E-state index in [9.17, 15) is 9.59 Å². The van der Waals surface area contributed by atoms with E-state index < -0.39 is 0 Å². The van der Waals surface area contributed by atoms with Crippen LogP contribution >= 0.6 is 0 Å². The van der Waals surface area contributed by atoms with Gasteiger partial charge in [0.15, 0.2) is 0 Å². The van der Waals surface area contributed by atoms with Crippen LogP contribution < -0.4 is 5.56 Å². The van der Waals surface area contributed by atoms with E-state index in [0.717, 1.165) is 49.0 Å². The standard InChI is InChI=1S/C19H23N5O2/c1-3-22-8-10-23(11-9-22)17(25)13-24-16-7-5-4-6-14(16)15-12-20-21(2)19(26)18(15)24/h4-7,12H,3,8-11,13H2,1-2H3. The predicted octanol–water partition coefficient (Wildman–Crippen LogP) is 1.05. The fourth-order valence-corrected chi connectivity index (χ4v) is 3.75. The summed E-state index contributed by atoms with van der Waals surface area (Å²) in [7, 11) is 1.63. The first kappa shape index (κ1) is 16.8. The first-order chi connectivity index (χ1) is 12.6. The number of carbonyl (C=O) groups is 1. The van der Waals surface area contributed by atoms with Crippen LogP contribution in [0.15, 0.2) is 35.3 Å². The zero-order valence-electron chi connectivity index (χ0n) is 15.2. The van der Waals surface area contributed by atoms with Gasteiger partial charge in [0.2, 0.25) is 5.91 Å². The molecule has 0 aliphatic carbocycles. The Hall–Kier alpha value is -2.67. The normalized spacial score (nSPS) is 15.8. The number of likely N-dealkylation sites (N-methyl/N-ethyl adjacent to an activating group) is 1. The van der Waals surface area contributed by atoms with Crippen LogP contribution in [0, 0.1) is 0 Å². The second kappa shape index (κ2) is 6.57. The molecule has 0 bridgehead atoms. The maximum absolute atomic E-state index is 12.9. The average Bonchev–Trinajstić information content (AvgIpc) is 2.99. The molecule has 1 saturated heterocycles. The van der Waals surface area contributed by atoms with Gasteiger partial charge in [0.1, 0.15) is 12.1 Å². The molecule has 0 saturated carbocycles. The van der Waals surface area contributed by atoms with Crippen molar-refractivity contribution in [2.75, 3.05) is 32.7 Å². The number of amides is 1. The van der Waals surface area contributed by atoms with Crippen molar-refractivity contribution in [2.45, 2.75) is 13.5 Å². The van der Waals surface area contributed by atoms with Gasteiger partial charge in [-0.05, 0) is 12.6 Å². The first-order valence-corrected chi connectivity index (χ1v) is 9.03. The summed E-state index contributed by atoms with van der Waals surface area (Å²) in [5, 5.41) is 5.90. The Morgan fingerprint density at radius 2 is 1.85 bits per heavy atom. The second-order valence-electron chi connectivity index (χ2n) is 6.75. The Labute approximate surface area is 151 Å². The molecular formula is C19H23N5O2. The minimum Gasteiger partial charge on any atom is -0.339 e. The first-order valence-electron chi connectivity index (χ1n) is 9.03. The fourth-order valence-electron chi connectivity index (χ4n) is 3.75. The summed E-state index contributed by atoms with van der Waals surface area (Å²) in [5.41, 5.74) is 1.26. The fraction of sp³-hybridized carbons (Fsp3) is 0.421. The van der Waals surface area contributed by atoms with Gasteiger partial charge >= 0.3 is 0 Å². The molecule has 3 heterocycles. The summed E-state index contributed by atoms with van der Waals surface area (Å²) in [6, 6.07) is 7.80. The Bertz CT molecular complexity index is 1030. The van der Waals surface area contributed by atoms with Crippen molar-refractivity contribution >= 4 is 27.7 Å². The number of aryl methyl sites for hydroxylation is 1. The van der Waals surface area contributed by atoms with Crippen molar-refractivity contribution in [1.82, 2.24) is 24.1 Å². The van der Waals surface area contributed by atoms with Crippen LogP contribution in [-0.4, -0.2) is 62.8 Å². The predicted molar refractivity (Wildman–Crippen MR) is 101 cm³/mol. The summed E-state index contributed by atoms with van der Waals surface area (Å²) in [5.74, 6) is 0.0577. The highest BCUT2D eigenvalue weighted by Crippen LogP contribution is 2.26. The lowest BCUT2D eigenvalue weighted by molar-refractivity contribution is -0.133. The molecule has 0 spiro atoms. The lowest BCUT2D eigenvalue weighted by atomic mass is 10.2. The van der Waals surface area contributed by atoms with Crippen LogP contribution in [0.2, 0.25) is 0 Å². The molecular weight excluding hydrogens is 330 g/mol. The zero-order chi connectivity index (χ0) is 18.3. The van der Waals surface area contributed by atoms with E-state index in [1.165, 1.54) is 4.68 Å². The van der Waals surface area contributed by atoms with E-state index in [2.05, 4.69) is 16.9 Å². The number of aromatic nitrogens is 3. The number of piperazine rings is 1. The number of fused-ring (bicyclic) bond motifs is 3. The molecule has 136 valence electrons. The monoisotopic (exact) mass is 353 g/mol. The summed E-state index contributed by atoms with van der Waals surface area (Å²) >= 11 is 0. The third-order valence-electron chi connectivity index (χ3n) is 5.33. The molecule has 1 amide bonds. The highest BCUT2D eigenvalue weighted by Gasteiger charge is 2.23. The quantitative estimate of drug-likeness (QED) is 0.706. The SMILES string of the molecule is CCN1CCN(C(=O)Cn2c3ccccc3c3cnn(C)c(=O)c32)CC1. The van der Waals surface area contributed by atoms with Gasteiger partial charge in [-0.15, -0.1) is 0 Å². The molecule has 7 nitrogen and oxygen atoms in total. The number of para-hydroxylation sites is 1. The summed E-state index contributed by atoms with van der Waals surface area (Å²) in [6.07, 6.45) is 1.71. The Morgan fingerprint density at radius 3 is 2.58 bits per heavy atom. The maximum atomic E-state index is 12.9. The van der Waals surface area contributed by atoms with Crippen LogP contribution in [-0.2, 0) is 18.4 Å². The number of nitrogens with zero attached hydrogens (tertiary/aromatic N) is 5. The van der Waals surface area contributed by atoms with Crippen molar-refractivity contribution in [3.8, 4) is 0 Å². The molecule has 0 radical (unpaired) electrons. The highest BCUT2D eigenvalue weighted by atomic mass is 16.2. The molecule has 1 aliphatic rings. The molecule has 4 rings (SSSR count). The number of benzene rings is 1. The van der Waals surface area contributed by atoms with Crippen molar-refractivity contribution in [1.29, 1.82) is 0 Å². The minimum absolute atomic E-state index is 0.0577. The van der Waals surface area contributed by atoms with E-state index in [1.807, 2.05) is 33.7 Å². The van der Waals surface area contributed by atoms with E-state index >= 15 is 0 Å². The van der Waals surface area contributed by atoms with Crippen LogP contribution in [0.5, 0.6) is 0 Å². The second-order valence-corrected chi connectivity index (χ2v) is 6.75. The highest BCUT2D eigenvalue weighted by molar-refractivity contribution is 6.07. The van der Waals surface area contributed by atoms with Gasteiger partial charge in [0, 0.05) is 49.5 Å². The molecule has 1 fully saturated rings. The van der Waals surface area contributed by atoms with Crippen LogP contribution in [0.1, 0.15) is 6.92 Å². The third kappa shape index (κ3) is 2.68. The molecule has 26 heavy (non-hydrogen) atoms. The molecule has 0 atom stereocenters. The Kier molecular flexibility index (Phi) is 4.24. The minimum atomic E-state index is -0.178. The Morgan fingerprint density at radius 1 is 1.12 bits per heavy atom. The molecule has 0 N–H and O–H groups in total. The zero-order valence-corrected chi connectivity index (χ0v) is 15.2. The van der Waals surface area contributed by atoms with Crippen molar-refractivity contribution in [3.63, 3.8) is 0 Å². The van der Waals surface area contributed by atoms with Gasteiger partial charge in [0.05, 0.1) is 6.20 Å². The van der Waals surface area contributed by atoms with E-state index in [4.69, 9.17) is 0 Å². The maximum Gasteiger partial charge on any atom is 0.291 e. The van der Waals surface area contributed by atoms with Crippen molar-refractivity contribution in [2.24, 2.45) is 7.05 Å². The van der Waals surface area contributed by atoms with Gasteiger partial charge in [0.25, 0.3) is 5.56 Å². The number of carbonyl (C=O) groups excluding carboxylic acids is 1. The van der Waals surface area contributed by atoms with Crippen LogP contribution in [0.3, 0.4) is 0 Å². The number of hydrogen-bond donors (Lipinski definition) is 0. The van der Waals surface area contributed by atoms with Crippen molar-refractivity contribution < 1.29 is 4.79 Å². The molecule has 0 unspecified atom stereocenters. The van der Waals surface area contributed by atoms with Gasteiger partial charge in [-0.2, -0.15) is 5.10 Å². The van der Waals surface area contributed by atoms with Gasteiger partial charge in [-0.25, -0.2) is 4.68 Å². The smallest absolute Gasteiger partial charge is 0.291 e. The van der Waals surface area contributed by atoms with Gasteiger partial charge < -0.3 is 14.4 Å². The molecule has 1 aliphatic heterocycles. The molecule has 3 aromatic rings. The lowest BCUT2D eigenvalue weighted by Crippen LogP contribution is -2.49. The number of rotatable bonds is 3. The van der Waals surface area contributed by atoms with Crippen LogP contribution in [0.4, 0.5) is 0 Å². The van der Waals surface area contributed by atoms with E-state index in [0.29, 0.717) is 5.52 Å². The molecule has 1 aromatic carbocycles. The molecule has 2 aromatic heterocycles. The largest absolute Gasteiger partial charge is 0.339 e. The van der Waals surface area contributed by atoms with E-state index in [-0.39, 0.29) is 18.0 Å². The van der Waals surface area contributed by atoms with Crippen LogP contribution in [0.25, 0.3) is 21.8 Å². The number of hydrogen-bond acceptors (Lipinski definition) is 4. The lowest BCUT2D eigenvalue weighted by Gasteiger charge is -2.34. The summed E-state index contributed by atoms with van der Waals surface area (Å²) in [6.45, 7) is 6.61. The topological polar surface area (TPSA) is 63.4 Å². The summed E-state index contributed by atoms with van der Waals surface area (Å²) in [4.78, 5) is 29.9. The Balaban J connectivity index is 1.74. The van der Waals surface area contributed by atoms with Gasteiger partial charge in [-0.3, -0.25) is 9.59 Å². The average molecular weight is 353 g/mol. The van der Waals surface area contributed by atoms with Crippen molar-refractivity contribution in [3.05, 3.63) is 40.8 Å². The molecule has 7 heteroatoms. The summed E-state index contributed by atoms with van der Waals surface area (Å²) < 4.78 is 3.17. The van der Waals surface area contributed by atoms with Gasteiger partial charge in [-0.1, -0.05) is 25.1 Å². The third-order valence-corrected chi connectivity index (χ3v) is 5.33. The van der Waals surface area contributed by atoms with E-state index in [1.54, 1.807) is 13.2 Å².